The summed E-state index contributed by atoms with van der Waals surface area (Å²) in [6.07, 6.45) is 3.89. The highest BCUT2D eigenvalue weighted by Gasteiger charge is 2.21. The number of aromatic amines is 1. The molecule has 0 atom stereocenters. The van der Waals surface area contributed by atoms with Crippen LogP contribution in [0.4, 0.5) is 0 Å². The molecule has 0 unspecified atom stereocenters. The summed E-state index contributed by atoms with van der Waals surface area (Å²) in [5.41, 5.74) is 4.87. The van der Waals surface area contributed by atoms with E-state index in [-0.39, 0.29) is 0 Å². The van der Waals surface area contributed by atoms with Gasteiger partial charge in [0.25, 0.3) is 0 Å². The summed E-state index contributed by atoms with van der Waals surface area (Å²) in [7, 11) is 0. The van der Waals surface area contributed by atoms with Crippen LogP contribution in [0.5, 0.6) is 5.75 Å². The lowest BCUT2D eigenvalue weighted by Crippen LogP contribution is -2.18. The largest absolute Gasteiger partial charge is 0.491 e. The van der Waals surface area contributed by atoms with Gasteiger partial charge >= 0.3 is 0 Å². The summed E-state index contributed by atoms with van der Waals surface area (Å²) in [4.78, 5) is 3.23. The minimum atomic E-state index is 0.581. The molecule has 6 heteroatoms. The van der Waals surface area contributed by atoms with Crippen molar-refractivity contribution in [3.05, 3.63) is 63.9 Å². The molecule has 1 aliphatic rings. The minimum absolute atomic E-state index is 0.581. The lowest BCUT2D eigenvalue weighted by Gasteiger charge is -2.13. The van der Waals surface area contributed by atoms with Crippen LogP contribution in [0.1, 0.15) is 11.3 Å². The Bertz CT molecular complexity index is 1160. The fourth-order valence-electron chi connectivity index (χ4n) is 4.31. The number of hydrogen-bond acceptors (Lipinski definition) is 2. The van der Waals surface area contributed by atoms with Crippen molar-refractivity contribution in [3.8, 4) is 5.75 Å². The lowest BCUT2D eigenvalue weighted by molar-refractivity contribution is 0.302. The normalized spacial score (nSPS) is 14.4. The van der Waals surface area contributed by atoms with Gasteiger partial charge in [-0.15, -0.1) is 0 Å². The Kier molecular flexibility index (Phi) is 4.71. The zero-order chi connectivity index (χ0) is 19.1. The van der Waals surface area contributed by atoms with Crippen LogP contribution in [0.2, 0.25) is 10.0 Å². The van der Waals surface area contributed by atoms with Gasteiger partial charge in [0.15, 0.2) is 0 Å². The predicted molar refractivity (Wildman–Crippen MR) is 116 cm³/mol. The number of ether oxygens (including phenoxy) is 1. The Balaban J connectivity index is 1.50. The number of hydrogen-bond donors (Lipinski definition) is 2. The van der Waals surface area contributed by atoms with Crippen molar-refractivity contribution < 1.29 is 4.74 Å². The van der Waals surface area contributed by atoms with Crippen LogP contribution in [0.3, 0.4) is 0 Å². The maximum absolute atomic E-state index is 6.60. The number of rotatable bonds is 4. The van der Waals surface area contributed by atoms with Crippen molar-refractivity contribution >= 4 is 45.0 Å². The molecular weight excluding hydrogens is 393 g/mol. The molecule has 144 valence electrons. The van der Waals surface area contributed by atoms with Crippen molar-refractivity contribution in [2.75, 3.05) is 19.7 Å². The number of nitrogens with zero attached hydrogens (tertiary/aromatic N) is 1. The van der Waals surface area contributed by atoms with Gasteiger partial charge in [0.2, 0.25) is 0 Å². The molecule has 4 aromatic rings. The number of H-pyrrole nitrogens is 1. The first-order valence-corrected chi connectivity index (χ1v) is 10.4. The molecule has 0 saturated heterocycles. The molecule has 2 aromatic heterocycles. The quantitative estimate of drug-likeness (QED) is 0.482. The molecule has 0 fully saturated rings. The van der Waals surface area contributed by atoms with Gasteiger partial charge in [-0.3, -0.25) is 0 Å². The third kappa shape index (κ3) is 3.06. The summed E-state index contributed by atoms with van der Waals surface area (Å²) < 4.78 is 8.50. The summed E-state index contributed by atoms with van der Waals surface area (Å²) in [6.45, 7) is 3.27. The van der Waals surface area contributed by atoms with Gasteiger partial charge in [-0.2, -0.15) is 0 Å². The van der Waals surface area contributed by atoms with Crippen molar-refractivity contribution in [1.82, 2.24) is 14.9 Å². The van der Waals surface area contributed by atoms with Gasteiger partial charge in [0, 0.05) is 46.2 Å². The fraction of sp³-hybridized carbons (Fsp3) is 0.273. The average molecular weight is 414 g/mol. The second-order valence-corrected chi connectivity index (χ2v) is 8.00. The van der Waals surface area contributed by atoms with Gasteiger partial charge in [-0.25, -0.2) is 0 Å². The van der Waals surface area contributed by atoms with E-state index < -0.39 is 0 Å². The predicted octanol–water partition coefficient (Wildman–Crippen LogP) is 5.20. The van der Waals surface area contributed by atoms with E-state index in [1.807, 2.05) is 36.5 Å². The molecule has 28 heavy (non-hydrogen) atoms. The molecule has 2 aromatic carbocycles. The maximum atomic E-state index is 6.60. The van der Waals surface area contributed by atoms with Crippen LogP contribution in [0, 0.1) is 0 Å². The lowest BCUT2D eigenvalue weighted by atomic mass is 10.1. The zero-order valence-electron chi connectivity index (χ0n) is 15.4. The molecular formula is C22H21Cl2N3O. The highest BCUT2D eigenvalue weighted by Crippen LogP contribution is 2.36. The number of benzene rings is 2. The molecule has 3 heterocycles. The molecule has 0 radical (unpaired) electrons. The Hall–Kier alpha value is -2.14. The van der Waals surface area contributed by atoms with Crippen LogP contribution < -0.4 is 10.1 Å². The summed E-state index contributed by atoms with van der Waals surface area (Å²) in [6, 6.07) is 12.0. The van der Waals surface area contributed by atoms with E-state index in [4.69, 9.17) is 27.9 Å². The Morgan fingerprint density at radius 3 is 2.89 bits per heavy atom. The Morgan fingerprint density at radius 1 is 1.07 bits per heavy atom. The molecule has 1 aliphatic heterocycles. The van der Waals surface area contributed by atoms with Crippen LogP contribution >= 0.6 is 23.2 Å². The Morgan fingerprint density at radius 2 is 1.96 bits per heavy atom. The van der Waals surface area contributed by atoms with Crippen LogP contribution in [0.15, 0.2) is 42.6 Å². The Labute approximate surface area is 173 Å². The summed E-state index contributed by atoms with van der Waals surface area (Å²) in [5, 5.41) is 7.13. The van der Waals surface area contributed by atoms with E-state index in [1.54, 1.807) is 0 Å². The van der Waals surface area contributed by atoms with Gasteiger partial charge < -0.3 is 19.6 Å². The first-order valence-electron chi connectivity index (χ1n) is 9.61. The van der Waals surface area contributed by atoms with E-state index in [0.717, 1.165) is 65.1 Å². The highest BCUT2D eigenvalue weighted by atomic mass is 35.5. The second-order valence-electron chi connectivity index (χ2n) is 7.15. The van der Waals surface area contributed by atoms with E-state index in [9.17, 15) is 0 Å². The summed E-state index contributed by atoms with van der Waals surface area (Å²) >= 11 is 12.9. The number of nitrogens with one attached hydrogen (secondary N) is 2. The molecule has 5 rings (SSSR count). The molecule has 0 spiro atoms. The van der Waals surface area contributed by atoms with Gasteiger partial charge in [-0.05, 0) is 48.9 Å². The monoisotopic (exact) mass is 413 g/mol. The minimum Gasteiger partial charge on any atom is -0.491 e. The third-order valence-corrected chi connectivity index (χ3v) is 6.04. The van der Waals surface area contributed by atoms with Crippen molar-refractivity contribution in [2.24, 2.45) is 0 Å². The molecule has 2 N–H and O–H groups in total. The van der Waals surface area contributed by atoms with E-state index in [2.05, 4.69) is 20.9 Å². The van der Waals surface area contributed by atoms with Crippen molar-refractivity contribution in [1.29, 1.82) is 0 Å². The topological polar surface area (TPSA) is 42.0 Å². The first-order chi connectivity index (χ1) is 13.7. The molecule has 0 bridgehead atoms. The molecule has 4 nitrogen and oxygen atoms in total. The molecule has 0 saturated carbocycles. The number of fused-ring (bicyclic) bond motifs is 4. The smallest absolute Gasteiger partial charge is 0.128 e. The van der Waals surface area contributed by atoms with Gasteiger partial charge in [0.1, 0.15) is 12.4 Å². The maximum Gasteiger partial charge on any atom is 0.128 e. The van der Waals surface area contributed by atoms with E-state index in [0.29, 0.717) is 11.6 Å². The first kappa shape index (κ1) is 17.9. The van der Waals surface area contributed by atoms with E-state index >= 15 is 0 Å². The SMILES string of the molecule is Clc1cc(Cl)c2c3c(n(CCOc4cccc5[nH]ccc45)c2c1)CCNCC3. The third-order valence-electron chi connectivity index (χ3n) is 5.52. The van der Waals surface area contributed by atoms with Crippen molar-refractivity contribution in [3.63, 3.8) is 0 Å². The standard InChI is InChI=1S/C22H21Cl2N3O/c23-14-12-17(24)22-16-4-7-25-8-6-19(16)27(20(22)13-14)10-11-28-21-3-1-2-18-15(21)5-9-26-18/h1-3,5,9,12-13,25-26H,4,6-8,10-11H2. The summed E-state index contributed by atoms with van der Waals surface area (Å²) in [5.74, 6) is 0.902. The van der Waals surface area contributed by atoms with Crippen LogP contribution in [-0.2, 0) is 19.4 Å². The van der Waals surface area contributed by atoms with Gasteiger partial charge in [-0.1, -0.05) is 29.3 Å². The van der Waals surface area contributed by atoms with Crippen LogP contribution in [-0.4, -0.2) is 29.2 Å². The van der Waals surface area contributed by atoms with Gasteiger partial charge in [0.05, 0.1) is 17.1 Å². The highest BCUT2D eigenvalue weighted by molar-refractivity contribution is 6.38. The van der Waals surface area contributed by atoms with Crippen molar-refractivity contribution in [2.45, 2.75) is 19.4 Å². The average Bonchev–Trinajstić information content (AvgIpc) is 3.18. The number of halogens is 2. The zero-order valence-corrected chi connectivity index (χ0v) is 16.9. The molecule has 0 amide bonds. The van der Waals surface area contributed by atoms with E-state index in [1.165, 1.54) is 11.3 Å². The molecule has 0 aliphatic carbocycles. The second kappa shape index (κ2) is 7.36. The van der Waals surface area contributed by atoms with Crippen LogP contribution in [0.25, 0.3) is 21.8 Å². The fourth-order valence-corrected chi connectivity index (χ4v) is 4.91. The number of aromatic nitrogens is 2.